The van der Waals surface area contributed by atoms with Gasteiger partial charge in [-0.1, -0.05) is 13.0 Å². The monoisotopic (exact) mass is 304 g/mol. The Bertz CT molecular complexity index is 718. The Morgan fingerprint density at radius 3 is 2.91 bits per heavy atom. The molecule has 0 aliphatic carbocycles. The minimum atomic E-state index is -0.583. The predicted octanol–water partition coefficient (Wildman–Crippen LogP) is 2.29. The summed E-state index contributed by atoms with van der Waals surface area (Å²) in [5.41, 5.74) is 2.08. The molecule has 0 bridgehead atoms. The number of piperidine rings is 1. The lowest BCUT2D eigenvalue weighted by molar-refractivity contribution is 0.0352. The van der Waals surface area contributed by atoms with E-state index in [9.17, 15) is 9.90 Å². The van der Waals surface area contributed by atoms with Crippen LogP contribution in [0.4, 0.5) is 0 Å². The number of aromatic nitrogens is 1. The van der Waals surface area contributed by atoms with Crippen molar-refractivity contribution < 1.29 is 9.52 Å². The second-order valence-electron chi connectivity index (χ2n) is 6.58. The molecular weight excluding hydrogens is 280 g/mol. The van der Waals surface area contributed by atoms with E-state index in [1.54, 1.807) is 13.1 Å². The van der Waals surface area contributed by atoms with Gasteiger partial charge in [-0.3, -0.25) is 9.47 Å². The van der Waals surface area contributed by atoms with Gasteiger partial charge in [0, 0.05) is 19.6 Å². The third kappa shape index (κ3) is 2.71. The van der Waals surface area contributed by atoms with Gasteiger partial charge in [0.25, 0.3) is 0 Å². The van der Waals surface area contributed by atoms with Crippen molar-refractivity contribution in [1.82, 2.24) is 9.47 Å². The summed E-state index contributed by atoms with van der Waals surface area (Å²) < 4.78 is 6.69. The number of benzene rings is 1. The number of aliphatic hydroxyl groups is 1. The second kappa shape index (κ2) is 5.89. The van der Waals surface area contributed by atoms with Crippen molar-refractivity contribution in [3.63, 3.8) is 0 Å². The zero-order valence-corrected chi connectivity index (χ0v) is 13.5. The fraction of sp³-hybridized carbons (Fsp3) is 0.588. The SMILES string of the molecule is CC1CCCN(C(C)C(O)c2ccc3c(c2)oc(=O)n3C)C1. The highest BCUT2D eigenvalue weighted by Gasteiger charge is 2.27. The minimum absolute atomic E-state index is 0.0515. The molecule has 120 valence electrons. The highest BCUT2D eigenvalue weighted by molar-refractivity contribution is 5.73. The lowest BCUT2D eigenvalue weighted by atomic mass is 9.95. The predicted molar refractivity (Wildman–Crippen MR) is 85.8 cm³/mol. The van der Waals surface area contributed by atoms with Crippen LogP contribution in [-0.4, -0.2) is 33.7 Å². The number of nitrogens with zero attached hydrogens (tertiary/aromatic N) is 2. The maximum absolute atomic E-state index is 11.6. The zero-order chi connectivity index (χ0) is 15.9. The Morgan fingerprint density at radius 2 is 2.18 bits per heavy atom. The molecule has 5 heteroatoms. The van der Waals surface area contributed by atoms with Crippen molar-refractivity contribution in [3.8, 4) is 0 Å². The molecule has 0 radical (unpaired) electrons. The number of hydrogen-bond donors (Lipinski definition) is 1. The van der Waals surface area contributed by atoms with Gasteiger partial charge in [0.05, 0.1) is 11.6 Å². The van der Waals surface area contributed by atoms with Crippen LogP contribution in [-0.2, 0) is 7.05 Å². The van der Waals surface area contributed by atoms with Gasteiger partial charge in [-0.2, -0.15) is 0 Å². The first-order valence-corrected chi connectivity index (χ1v) is 7.99. The van der Waals surface area contributed by atoms with E-state index >= 15 is 0 Å². The molecular formula is C17H24N2O3. The fourth-order valence-electron chi connectivity index (χ4n) is 3.41. The highest BCUT2D eigenvalue weighted by atomic mass is 16.4. The lowest BCUT2D eigenvalue weighted by Crippen LogP contribution is -2.43. The van der Waals surface area contributed by atoms with Gasteiger partial charge in [0.2, 0.25) is 0 Å². The highest BCUT2D eigenvalue weighted by Crippen LogP contribution is 2.27. The largest absolute Gasteiger partial charge is 0.419 e. The topological polar surface area (TPSA) is 58.6 Å². The molecule has 5 nitrogen and oxygen atoms in total. The number of aryl methyl sites for hydroxylation is 1. The van der Waals surface area contributed by atoms with Gasteiger partial charge in [-0.25, -0.2) is 4.79 Å². The molecule has 3 atom stereocenters. The van der Waals surface area contributed by atoms with Crippen molar-refractivity contribution in [2.45, 2.75) is 38.8 Å². The number of fused-ring (bicyclic) bond motifs is 1. The second-order valence-corrected chi connectivity index (χ2v) is 6.58. The van der Waals surface area contributed by atoms with E-state index in [2.05, 4.69) is 18.7 Å². The van der Waals surface area contributed by atoms with E-state index in [4.69, 9.17) is 4.42 Å². The van der Waals surface area contributed by atoms with Crippen LogP contribution in [0.5, 0.6) is 0 Å². The molecule has 1 saturated heterocycles. The molecule has 1 aliphatic rings. The molecule has 1 aliphatic heterocycles. The molecule has 0 amide bonds. The summed E-state index contributed by atoms with van der Waals surface area (Å²) >= 11 is 0. The van der Waals surface area contributed by atoms with Gasteiger partial charge in [0.1, 0.15) is 0 Å². The Labute approximate surface area is 130 Å². The molecule has 3 unspecified atom stereocenters. The standard InChI is InChI=1S/C17H24N2O3/c1-11-5-4-8-19(10-11)12(2)16(20)13-6-7-14-15(9-13)22-17(21)18(14)3/h6-7,9,11-12,16,20H,4-5,8,10H2,1-3H3. The minimum Gasteiger partial charge on any atom is -0.408 e. The Morgan fingerprint density at radius 1 is 1.41 bits per heavy atom. The van der Waals surface area contributed by atoms with Gasteiger partial charge in [-0.05, 0) is 49.9 Å². The summed E-state index contributed by atoms with van der Waals surface area (Å²) in [5, 5.41) is 10.7. The smallest absolute Gasteiger partial charge is 0.408 e. The van der Waals surface area contributed by atoms with Crippen molar-refractivity contribution >= 4 is 11.1 Å². The lowest BCUT2D eigenvalue weighted by Gasteiger charge is -2.37. The molecule has 3 rings (SSSR count). The van der Waals surface area contributed by atoms with Crippen LogP contribution in [0.1, 0.15) is 38.4 Å². The molecule has 1 aromatic carbocycles. The Kier molecular flexibility index (Phi) is 4.10. The summed E-state index contributed by atoms with van der Waals surface area (Å²) in [7, 11) is 1.68. The normalized spacial score (nSPS) is 22.8. The first-order chi connectivity index (χ1) is 10.5. The molecule has 2 aromatic rings. The number of hydrogen-bond acceptors (Lipinski definition) is 4. The van der Waals surface area contributed by atoms with Crippen LogP contribution in [0.25, 0.3) is 11.1 Å². The summed E-state index contributed by atoms with van der Waals surface area (Å²) in [5.74, 6) is 0.303. The summed E-state index contributed by atoms with van der Waals surface area (Å²) in [6.07, 6.45) is 1.87. The first-order valence-electron chi connectivity index (χ1n) is 7.99. The Hall–Kier alpha value is -1.59. The quantitative estimate of drug-likeness (QED) is 0.945. The molecule has 2 heterocycles. The van der Waals surface area contributed by atoms with E-state index in [0.29, 0.717) is 11.5 Å². The van der Waals surface area contributed by atoms with Gasteiger partial charge < -0.3 is 9.52 Å². The van der Waals surface area contributed by atoms with Crippen LogP contribution in [0.3, 0.4) is 0 Å². The van der Waals surface area contributed by atoms with Gasteiger partial charge in [0.15, 0.2) is 5.58 Å². The third-order valence-electron chi connectivity index (χ3n) is 4.88. The van der Waals surface area contributed by atoms with Crippen LogP contribution in [0.2, 0.25) is 0 Å². The van der Waals surface area contributed by atoms with Crippen molar-refractivity contribution in [2.24, 2.45) is 13.0 Å². The number of aliphatic hydroxyl groups excluding tert-OH is 1. The van der Waals surface area contributed by atoms with Crippen molar-refractivity contribution in [2.75, 3.05) is 13.1 Å². The maximum Gasteiger partial charge on any atom is 0.419 e. The third-order valence-corrected chi connectivity index (χ3v) is 4.88. The summed E-state index contributed by atoms with van der Waals surface area (Å²) in [4.78, 5) is 13.9. The van der Waals surface area contributed by atoms with E-state index in [0.717, 1.165) is 24.2 Å². The maximum atomic E-state index is 11.6. The Balaban J connectivity index is 1.84. The number of likely N-dealkylation sites (tertiary alicyclic amines) is 1. The number of rotatable bonds is 3. The molecule has 22 heavy (non-hydrogen) atoms. The van der Waals surface area contributed by atoms with Crippen molar-refractivity contribution in [3.05, 3.63) is 34.3 Å². The molecule has 1 aromatic heterocycles. The zero-order valence-electron chi connectivity index (χ0n) is 13.5. The van der Waals surface area contributed by atoms with Crippen LogP contribution < -0.4 is 5.76 Å². The molecule has 1 N–H and O–H groups in total. The van der Waals surface area contributed by atoms with Crippen LogP contribution >= 0.6 is 0 Å². The van der Waals surface area contributed by atoms with E-state index in [1.807, 2.05) is 12.1 Å². The van der Waals surface area contributed by atoms with E-state index in [-0.39, 0.29) is 11.8 Å². The molecule has 1 fully saturated rings. The van der Waals surface area contributed by atoms with Gasteiger partial charge >= 0.3 is 5.76 Å². The average Bonchev–Trinajstić information content (AvgIpc) is 2.80. The molecule has 0 saturated carbocycles. The van der Waals surface area contributed by atoms with Crippen molar-refractivity contribution in [1.29, 1.82) is 0 Å². The van der Waals surface area contributed by atoms with Crippen LogP contribution in [0, 0.1) is 5.92 Å². The van der Waals surface area contributed by atoms with E-state index < -0.39 is 6.10 Å². The van der Waals surface area contributed by atoms with E-state index in [1.165, 1.54) is 17.4 Å². The van der Waals surface area contributed by atoms with Crippen LogP contribution in [0.15, 0.2) is 27.4 Å². The summed E-state index contributed by atoms with van der Waals surface area (Å²) in [6, 6.07) is 5.55. The average molecular weight is 304 g/mol. The first kappa shape index (κ1) is 15.3. The van der Waals surface area contributed by atoms with Gasteiger partial charge in [-0.15, -0.1) is 0 Å². The number of oxazole rings is 1. The summed E-state index contributed by atoms with van der Waals surface area (Å²) in [6.45, 7) is 6.39. The fourth-order valence-corrected chi connectivity index (χ4v) is 3.41. The molecule has 0 spiro atoms.